The van der Waals surface area contributed by atoms with Crippen LogP contribution in [0.4, 0.5) is 0 Å². The number of carboxylic acid groups (broad SMARTS) is 1. The Morgan fingerprint density at radius 2 is 1.45 bits per heavy atom. The summed E-state index contributed by atoms with van der Waals surface area (Å²) in [5.74, 6) is -4.96. The summed E-state index contributed by atoms with van der Waals surface area (Å²) in [5, 5.41) is 26.0. The van der Waals surface area contributed by atoms with Crippen molar-refractivity contribution in [2.24, 2.45) is 27.9 Å². The van der Waals surface area contributed by atoms with Crippen molar-refractivity contribution in [1.82, 2.24) is 16.0 Å². The number of phenolic OH excluding ortho intramolecular Hbond substituents is 1. The van der Waals surface area contributed by atoms with Gasteiger partial charge in [0.1, 0.15) is 23.9 Å². The zero-order chi connectivity index (χ0) is 28.8. The van der Waals surface area contributed by atoms with Crippen LogP contribution in [0.1, 0.15) is 24.8 Å². The highest BCUT2D eigenvalue weighted by atomic mass is 32.1. The standard InChI is InChI=1S/C22H34N8O7S/c23-13(9-17(24)32)18(33)28-14(2-1-7-27-22(25)26)19(34)29-15(8-11-3-5-12(31)6-4-11)20(35)30-16(10-38)21(36)37/h3-6,13-16,31,38H,1-2,7-10,23H2,(H2,24,32)(H,28,33)(H,29,34)(H,30,35)(H,36,37)(H4,25,26,27). The summed E-state index contributed by atoms with van der Waals surface area (Å²) < 4.78 is 0. The minimum absolute atomic E-state index is 0.0179. The first-order chi connectivity index (χ1) is 17.8. The summed E-state index contributed by atoms with van der Waals surface area (Å²) >= 11 is 3.92. The second-order valence-corrected chi connectivity index (χ2v) is 8.67. The number of aromatic hydroxyl groups is 1. The van der Waals surface area contributed by atoms with E-state index < -0.39 is 60.2 Å². The van der Waals surface area contributed by atoms with Crippen LogP contribution in [-0.2, 0) is 30.4 Å². The number of benzene rings is 1. The van der Waals surface area contributed by atoms with Gasteiger partial charge in [-0.05, 0) is 30.5 Å². The van der Waals surface area contributed by atoms with Crippen LogP contribution >= 0.6 is 12.6 Å². The van der Waals surface area contributed by atoms with E-state index in [9.17, 15) is 34.2 Å². The lowest BCUT2D eigenvalue weighted by molar-refractivity contribution is -0.141. The van der Waals surface area contributed by atoms with Crippen LogP contribution in [0.25, 0.3) is 0 Å². The number of hydrogen-bond donors (Lipinski definition) is 10. The zero-order valence-electron chi connectivity index (χ0n) is 20.5. The highest BCUT2D eigenvalue weighted by Gasteiger charge is 2.30. The molecule has 0 bridgehead atoms. The molecule has 0 spiro atoms. The van der Waals surface area contributed by atoms with Crippen LogP contribution in [0.15, 0.2) is 29.3 Å². The van der Waals surface area contributed by atoms with Gasteiger partial charge < -0.3 is 49.1 Å². The summed E-state index contributed by atoms with van der Waals surface area (Å²) in [6.45, 7) is 0.134. The molecule has 0 saturated carbocycles. The van der Waals surface area contributed by atoms with Crippen LogP contribution in [0.2, 0.25) is 0 Å². The van der Waals surface area contributed by atoms with Crippen LogP contribution in [-0.4, -0.2) is 82.2 Å². The Kier molecular flexibility index (Phi) is 13.4. The molecule has 1 aromatic rings. The van der Waals surface area contributed by atoms with Crippen molar-refractivity contribution >= 4 is 48.2 Å². The van der Waals surface area contributed by atoms with E-state index in [2.05, 4.69) is 33.6 Å². The highest BCUT2D eigenvalue weighted by Crippen LogP contribution is 2.12. The number of guanidine groups is 1. The molecule has 4 amide bonds. The summed E-state index contributed by atoms with van der Waals surface area (Å²) in [7, 11) is 0. The second kappa shape index (κ2) is 15.9. The number of carboxylic acids is 1. The molecule has 38 heavy (non-hydrogen) atoms. The molecule has 15 nitrogen and oxygen atoms in total. The summed E-state index contributed by atoms with van der Waals surface area (Å²) in [6, 6.07) is 0.671. The minimum atomic E-state index is -1.33. The van der Waals surface area contributed by atoms with Gasteiger partial charge in [-0.1, -0.05) is 12.1 Å². The van der Waals surface area contributed by atoms with E-state index in [0.717, 1.165) is 0 Å². The number of thiol groups is 1. The van der Waals surface area contributed by atoms with E-state index in [1.54, 1.807) is 0 Å². The lowest BCUT2D eigenvalue weighted by atomic mass is 10.0. The van der Waals surface area contributed by atoms with Gasteiger partial charge in [-0.3, -0.25) is 24.2 Å². The van der Waals surface area contributed by atoms with Gasteiger partial charge in [-0.2, -0.15) is 12.6 Å². The number of nitrogens with one attached hydrogen (secondary N) is 3. The fraction of sp³-hybridized carbons (Fsp3) is 0.455. The molecule has 1 aromatic carbocycles. The molecule has 0 radical (unpaired) electrons. The van der Waals surface area contributed by atoms with E-state index in [4.69, 9.17) is 22.9 Å². The van der Waals surface area contributed by atoms with Crippen molar-refractivity contribution in [2.75, 3.05) is 12.3 Å². The number of amides is 4. The lowest BCUT2D eigenvalue weighted by Gasteiger charge is -2.25. The van der Waals surface area contributed by atoms with Gasteiger partial charge in [0, 0.05) is 18.7 Å². The summed E-state index contributed by atoms with van der Waals surface area (Å²) in [4.78, 5) is 64.9. The first kappa shape index (κ1) is 32.0. The van der Waals surface area contributed by atoms with Gasteiger partial charge in [0.15, 0.2) is 5.96 Å². The normalized spacial score (nSPS) is 13.7. The molecule has 16 heteroatoms. The number of aliphatic imine (C=N–C) groups is 1. The molecular formula is C22H34N8O7S. The quantitative estimate of drug-likeness (QED) is 0.0419. The predicted molar refractivity (Wildman–Crippen MR) is 141 cm³/mol. The van der Waals surface area contributed by atoms with Gasteiger partial charge in [0.05, 0.1) is 12.5 Å². The Balaban J connectivity index is 3.15. The Labute approximate surface area is 224 Å². The van der Waals surface area contributed by atoms with Gasteiger partial charge in [0.2, 0.25) is 23.6 Å². The van der Waals surface area contributed by atoms with E-state index in [0.29, 0.717) is 5.56 Å². The topological polar surface area (TPSA) is 278 Å². The SMILES string of the molecule is NC(=O)CC(N)C(=O)NC(CCCN=C(N)N)C(=O)NC(Cc1ccc(O)cc1)C(=O)NC(CS)C(=O)O. The lowest BCUT2D eigenvalue weighted by Crippen LogP contribution is -2.58. The van der Waals surface area contributed by atoms with Crippen molar-refractivity contribution in [2.45, 2.75) is 49.9 Å². The third-order valence-electron chi connectivity index (χ3n) is 5.14. The summed E-state index contributed by atoms with van der Waals surface area (Å²) in [6.07, 6.45) is -0.260. The molecular weight excluding hydrogens is 520 g/mol. The molecule has 0 heterocycles. The number of hydrogen-bond acceptors (Lipinski definition) is 9. The monoisotopic (exact) mass is 554 g/mol. The number of nitrogens with two attached hydrogens (primary N) is 4. The van der Waals surface area contributed by atoms with Crippen molar-refractivity contribution in [3.05, 3.63) is 29.8 Å². The van der Waals surface area contributed by atoms with Crippen LogP contribution in [0.3, 0.4) is 0 Å². The Morgan fingerprint density at radius 3 is 1.97 bits per heavy atom. The van der Waals surface area contributed by atoms with Crippen molar-refractivity contribution in [3.63, 3.8) is 0 Å². The smallest absolute Gasteiger partial charge is 0.327 e. The predicted octanol–water partition coefficient (Wildman–Crippen LogP) is -3.34. The van der Waals surface area contributed by atoms with Crippen molar-refractivity contribution < 1.29 is 34.2 Å². The molecule has 1 rings (SSSR count). The first-order valence-electron chi connectivity index (χ1n) is 11.5. The van der Waals surface area contributed by atoms with Gasteiger partial charge >= 0.3 is 5.97 Å². The van der Waals surface area contributed by atoms with Crippen LogP contribution in [0.5, 0.6) is 5.75 Å². The number of carbonyl (C=O) groups is 5. The molecule has 0 aliphatic heterocycles. The maximum absolute atomic E-state index is 13.2. The van der Waals surface area contributed by atoms with Crippen LogP contribution < -0.4 is 38.9 Å². The zero-order valence-corrected chi connectivity index (χ0v) is 21.4. The molecule has 0 aliphatic rings. The minimum Gasteiger partial charge on any atom is -0.508 e. The third kappa shape index (κ3) is 11.8. The van der Waals surface area contributed by atoms with Crippen molar-refractivity contribution in [3.8, 4) is 5.75 Å². The fourth-order valence-electron chi connectivity index (χ4n) is 3.17. The fourth-order valence-corrected chi connectivity index (χ4v) is 3.42. The second-order valence-electron chi connectivity index (χ2n) is 8.30. The number of aliphatic carboxylic acids is 1. The molecule has 13 N–H and O–H groups in total. The van der Waals surface area contributed by atoms with E-state index in [-0.39, 0.29) is 43.3 Å². The highest BCUT2D eigenvalue weighted by molar-refractivity contribution is 7.80. The molecule has 0 aromatic heterocycles. The average Bonchev–Trinajstić information content (AvgIpc) is 2.84. The maximum Gasteiger partial charge on any atom is 0.327 e. The van der Waals surface area contributed by atoms with E-state index >= 15 is 0 Å². The average molecular weight is 555 g/mol. The number of primary amides is 1. The van der Waals surface area contributed by atoms with Crippen molar-refractivity contribution in [1.29, 1.82) is 0 Å². The number of carbonyl (C=O) groups excluding carboxylic acids is 4. The van der Waals surface area contributed by atoms with Gasteiger partial charge in [-0.25, -0.2) is 4.79 Å². The number of nitrogens with zero attached hydrogens (tertiary/aromatic N) is 1. The molecule has 210 valence electrons. The molecule has 0 aliphatic carbocycles. The molecule has 0 fully saturated rings. The number of phenols is 1. The van der Waals surface area contributed by atoms with Gasteiger partial charge in [-0.15, -0.1) is 0 Å². The largest absolute Gasteiger partial charge is 0.508 e. The van der Waals surface area contributed by atoms with Crippen LogP contribution in [0, 0.1) is 0 Å². The molecule has 0 saturated heterocycles. The Bertz CT molecular complexity index is 1020. The Morgan fingerprint density at radius 1 is 0.895 bits per heavy atom. The summed E-state index contributed by atoms with van der Waals surface area (Å²) in [5.41, 5.74) is 21.9. The maximum atomic E-state index is 13.2. The van der Waals surface area contributed by atoms with E-state index in [1.807, 2.05) is 0 Å². The van der Waals surface area contributed by atoms with E-state index in [1.165, 1.54) is 24.3 Å². The molecule has 4 atom stereocenters. The first-order valence-corrected chi connectivity index (χ1v) is 12.1. The third-order valence-corrected chi connectivity index (χ3v) is 5.51. The van der Waals surface area contributed by atoms with Gasteiger partial charge in [0.25, 0.3) is 0 Å². The Hall–Kier alpha value is -4.05. The number of rotatable bonds is 16. The molecule has 4 unspecified atom stereocenters.